The van der Waals surface area contributed by atoms with E-state index in [9.17, 15) is 10.1 Å². The Hall–Kier alpha value is -1.57. The van der Waals surface area contributed by atoms with Crippen LogP contribution in [0.15, 0.2) is 6.20 Å². The minimum absolute atomic E-state index is 0.180. The van der Waals surface area contributed by atoms with Gasteiger partial charge < -0.3 is 5.11 Å². The fraction of sp³-hybridized carbons (Fsp3) is 0.643. The summed E-state index contributed by atoms with van der Waals surface area (Å²) < 4.78 is 0. The van der Waals surface area contributed by atoms with Gasteiger partial charge >= 0.3 is 0 Å². The number of aromatic nitrogens is 1. The van der Waals surface area contributed by atoms with Gasteiger partial charge in [-0.15, -0.1) is 0 Å². The molecule has 7 nitrogen and oxygen atoms in total. The standard InChI is InChI=1S/C14H22N4O3/c1-11-9-15-13(12(2)14(11)18(20)21)10-17-5-3-16(4-6-17)7-8-19/h9,19H,3-8,10H2,1-2H3. The predicted molar refractivity (Wildman–Crippen MR) is 79.2 cm³/mol. The number of nitrogens with zero attached hydrogens (tertiary/aromatic N) is 4. The molecule has 116 valence electrons. The number of pyridine rings is 1. The van der Waals surface area contributed by atoms with Crippen molar-refractivity contribution >= 4 is 5.69 Å². The van der Waals surface area contributed by atoms with E-state index in [4.69, 9.17) is 5.11 Å². The van der Waals surface area contributed by atoms with Gasteiger partial charge in [0.15, 0.2) is 0 Å². The second-order valence-corrected chi connectivity index (χ2v) is 5.46. The first-order valence-corrected chi connectivity index (χ1v) is 7.18. The first-order chi connectivity index (χ1) is 10.0. The van der Waals surface area contributed by atoms with Crippen molar-refractivity contribution in [2.24, 2.45) is 0 Å². The molecule has 1 aromatic rings. The Morgan fingerprint density at radius 2 is 1.90 bits per heavy atom. The van der Waals surface area contributed by atoms with Crippen molar-refractivity contribution in [3.05, 3.63) is 33.1 Å². The van der Waals surface area contributed by atoms with E-state index < -0.39 is 0 Å². The number of aryl methyl sites for hydroxylation is 1. The van der Waals surface area contributed by atoms with Gasteiger partial charge in [0, 0.05) is 56.6 Å². The second kappa shape index (κ2) is 6.93. The van der Waals surface area contributed by atoms with Crippen molar-refractivity contribution < 1.29 is 10.0 Å². The summed E-state index contributed by atoms with van der Waals surface area (Å²) in [5, 5.41) is 20.1. The number of aliphatic hydroxyl groups is 1. The second-order valence-electron chi connectivity index (χ2n) is 5.46. The maximum absolute atomic E-state index is 11.1. The maximum atomic E-state index is 11.1. The van der Waals surface area contributed by atoms with Crippen molar-refractivity contribution in [1.29, 1.82) is 0 Å². The monoisotopic (exact) mass is 294 g/mol. The number of nitro groups is 1. The molecule has 1 saturated heterocycles. The van der Waals surface area contributed by atoms with E-state index in [2.05, 4.69) is 14.8 Å². The predicted octanol–water partition coefficient (Wildman–Crippen LogP) is 0.717. The van der Waals surface area contributed by atoms with E-state index in [1.165, 1.54) is 0 Å². The molecule has 0 aliphatic carbocycles. The van der Waals surface area contributed by atoms with E-state index in [1.807, 2.05) is 0 Å². The molecule has 0 unspecified atom stereocenters. The van der Waals surface area contributed by atoms with Crippen molar-refractivity contribution in [3.8, 4) is 0 Å². The zero-order valence-corrected chi connectivity index (χ0v) is 12.6. The molecule has 2 rings (SSSR count). The molecule has 1 aliphatic rings. The van der Waals surface area contributed by atoms with Gasteiger partial charge in [-0.2, -0.15) is 0 Å². The van der Waals surface area contributed by atoms with Gasteiger partial charge in [-0.25, -0.2) is 0 Å². The number of piperazine rings is 1. The number of β-amino-alcohol motifs (C(OH)–C–C–N with tert-alkyl or cyclic N) is 1. The lowest BCUT2D eigenvalue weighted by atomic mass is 10.1. The summed E-state index contributed by atoms with van der Waals surface area (Å²) in [6.45, 7) is 8.63. The first-order valence-electron chi connectivity index (χ1n) is 7.18. The summed E-state index contributed by atoms with van der Waals surface area (Å²) >= 11 is 0. The van der Waals surface area contributed by atoms with Gasteiger partial charge in [0.25, 0.3) is 5.69 Å². The Labute approximate surface area is 124 Å². The topological polar surface area (TPSA) is 82.7 Å². The van der Waals surface area contributed by atoms with Gasteiger partial charge in [0.2, 0.25) is 0 Å². The van der Waals surface area contributed by atoms with Crippen LogP contribution in [0.5, 0.6) is 0 Å². The highest BCUT2D eigenvalue weighted by Gasteiger charge is 2.22. The highest BCUT2D eigenvalue weighted by molar-refractivity contribution is 5.47. The molecule has 0 spiro atoms. The minimum Gasteiger partial charge on any atom is -0.395 e. The molecule has 2 heterocycles. The Morgan fingerprint density at radius 3 is 2.48 bits per heavy atom. The molecule has 21 heavy (non-hydrogen) atoms. The molecular formula is C14H22N4O3. The van der Waals surface area contributed by atoms with Crippen LogP contribution >= 0.6 is 0 Å². The number of hydrogen-bond acceptors (Lipinski definition) is 6. The normalized spacial score (nSPS) is 17.1. The van der Waals surface area contributed by atoms with Gasteiger partial charge in [0.1, 0.15) is 0 Å². The third kappa shape index (κ3) is 3.75. The van der Waals surface area contributed by atoms with E-state index in [0.717, 1.165) is 31.9 Å². The van der Waals surface area contributed by atoms with Crippen molar-refractivity contribution in [1.82, 2.24) is 14.8 Å². The molecule has 1 aliphatic heterocycles. The molecule has 0 amide bonds. The van der Waals surface area contributed by atoms with Crippen LogP contribution in [0.4, 0.5) is 5.69 Å². The molecule has 1 fully saturated rings. The third-order valence-electron chi connectivity index (χ3n) is 4.01. The molecule has 0 atom stereocenters. The summed E-state index contributed by atoms with van der Waals surface area (Å²) in [5.41, 5.74) is 2.23. The molecule has 1 aromatic heterocycles. The zero-order valence-electron chi connectivity index (χ0n) is 12.6. The highest BCUT2D eigenvalue weighted by atomic mass is 16.6. The molecule has 0 aromatic carbocycles. The molecule has 0 radical (unpaired) electrons. The summed E-state index contributed by atoms with van der Waals surface area (Å²) in [6.07, 6.45) is 1.59. The Kier molecular flexibility index (Phi) is 5.22. The van der Waals surface area contributed by atoms with Crippen LogP contribution in [-0.4, -0.2) is 64.1 Å². The van der Waals surface area contributed by atoms with Gasteiger partial charge in [-0.05, 0) is 13.8 Å². The number of hydrogen-bond donors (Lipinski definition) is 1. The summed E-state index contributed by atoms with van der Waals surface area (Å²) in [4.78, 5) is 19.7. The van der Waals surface area contributed by atoms with Crippen molar-refractivity contribution in [3.63, 3.8) is 0 Å². The van der Waals surface area contributed by atoms with Gasteiger partial charge in [-0.1, -0.05) is 0 Å². The summed E-state index contributed by atoms with van der Waals surface area (Å²) in [6, 6.07) is 0. The third-order valence-corrected chi connectivity index (χ3v) is 4.01. The summed E-state index contributed by atoms with van der Waals surface area (Å²) in [5.74, 6) is 0. The fourth-order valence-electron chi connectivity index (χ4n) is 2.73. The van der Waals surface area contributed by atoms with Crippen LogP contribution in [-0.2, 0) is 6.54 Å². The Morgan fingerprint density at radius 1 is 1.29 bits per heavy atom. The fourth-order valence-corrected chi connectivity index (χ4v) is 2.73. The SMILES string of the molecule is Cc1cnc(CN2CCN(CCO)CC2)c(C)c1[N+](=O)[O-]. The Balaban J connectivity index is 2.04. The highest BCUT2D eigenvalue weighted by Crippen LogP contribution is 2.25. The zero-order chi connectivity index (χ0) is 15.4. The van der Waals surface area contributed by atoms with E-state index in [-0.39, 0.29) is 17.2 Å². The molecule has 0 saturated carbocycles. The van der Waals surface area contributed by atoms with Crippen molar-refractivity contribution in [2.75, 3.05) is 39.3 Å². The van der Waals surface area contributed by atoms with Crippen LogP contribution in [0, 0.1) is 24.0 Å². The lowest BCUT2D eigenvalue weighted by molar-refractivity contribution is -0.386. The average molecular weight is 294 g/mol. The maximum Gasteiger partial charge on any atom is 0.278 e. The number of rotatable bonds is 5. The van der Waals surface area contributed by atoms with Crippen LogP contribution < -0.4 is 0 Å². The lowest BCUT2D eigenvalue weighted by Crippen LogP contribution is -2.46. The van der Waals surface area contributed by atoms with E-state index in [0.29, 0.717) is 24.2 Å². The van der Waals surface area contributed by atoms with E-state index in [1.54, 1.807) is 20.0 Å². The molecule has 7 heteroatoms. The largest absolute Gasteiger partial charge is 0.395 e. The lowest BCUT2D eigenvalue weighted by Gasteiger charge is -2.34. The quantitative estimate of drug-likeness (QED) is 0.636. The van der Waals surface area contributed by atoms with Crippen LogP contribution in [0.1, 0.15) is 16.8 Å². The van der Waals surface area contributed by atoms with Gasteiger partial charge in [0.05, 0.1) is 17.2 Å². The Bertz CT molecular complexity index is 513. The molecule has 0 bridgehead atoms. The van der Waals surface area contributed by atoms with Gasteiger partial charge in [-0.3, -0.25) is 24.9 Å². The van der Waals surface area contributed by atoms with Crippen molar-refractivity contribution in [2.45, 2.75) is 20.4 Å². The summed E-state index contributed by atoms with van der Waals surface area (Å²) in [7, 11) is 0. The van der Waals surface area contributed by atoms with Crippen LogP contribution in [0.3, 0.4) is 0 Å². The minimum atomic E-state index is -0.324. The first kappa shape index (κ1) is 15.8. The molecular weight excluding hydrogens is 272 g/mol. The van der Waals surface area contributed by atoms with Crippen LogP contribution in [0.2, 0.25) is 0 Å². The van der Waals surface area contributed by atoms with Crippen LogP contribution in [0.25, 0.3) is 0 Å². The molecule has 1 N–H and O–H groups in total. The van der Waals surface area contributed by atoms with E-state index >= 15 is 0 Å². The number of aliphatic hydroxyl groups excluding tert-OH is 1. The smallest absolute Gasteiger partial charge is 0.278 e. The average Bonchev–Trinajstić information content (AvgIpc) is 2.44.